The number of ether oxygens (including phenoxy) is 1. The summed E-state index contributed by atoms with van der Waals surface area (Å²) in [6, 6.07) is 10.3. The van der Waals surface area contributed by atoms with Gasteiger partial charge in [-0.15, -0.1) is 0 Å². The molecule has 0 saturated heterocycles. The second-order valence-corrected chi connectivity index (χ2v) is 5.71. The Morgan fingerprint density at radius 2 is 1.77 bits per heavy atom. The molecule has 0 aromatic heterocycles. The van der Waals surface area contributed by atoms with Crippen LogP contribution in [0.3, 0.4) is 0 Å². The molecule has 0 unspecified atom stereocenters. The van der Waals surface area contributed by atoms with E-state index in [9.17, 15) is 0 Å². The van der Waals surface area contributed by atoms with Crippen LogP contribution in [0.1, 0.15) is 38.8 Å². The van der Waals surface area contributed by atoms with E-state index in [1.807, 2.05) is 30.3 Å². The van der Waals surface area contributed by atoms with Crippen molar-refractivity contribution in [3.05, 3.63) is 34.9 Å². The Bertz CT molecular complexity index is 594. The Hall–Kier alpha value is -2.30. The molecule has 0 spiro atoms. The Labute approximate surface area is 133 Å². The van der Waals surface area contributed by atoms with Crippen LogP contribution in [0.15, 0.2) is 23.8 Å². The molecule has 4 heteroatoms. The maximum absolute atomic E-state index is 8.87. The summed E-state index contributed by atoms with van der Waals surface area (Å²) in [5, 5.41) is 17.7. The van der Waals surface area contributed by atoms with E-state index < -0.39 is 0 Å². The van der Waals surface area contributed by atoms with Crippen molar-refractivity contribution in [2.24, 2.45) is 0 Å². The van der Waals surface area contributed by atoms with Crippen LogP contribution in [-0.2, 0) is 6.54 Å². The molecule has 22 heavy (non-hydrogen) atoms. The van der Waals surface area contributed by atoms with Gasteiger partial charge in [0.2, 0.25) is 0 Å². The molecule has 0 aliphatic carbocycles. The Balaban J connectivity index is 3.20. The molecule has 0 saturated carbocycles. The molecule has 0 N–H and O–H groups in total. The maximum atomic E-state index is 8.87. The van der Waals surface area contributed by atoms with Gasteiger partial charge in [0.15, 0.2) is 0 Å². The highest BCUT2D eigenvalue weighted by Gasteiger charge is 2.16. The van der Waals surface area contributed by atoms with Crippen molar-refractivity contribution in [1.82, 2.24) is 4.90 Å². The molecule has 0 heterocycles. The van der Waals surface area contributed by atoms with Crippen molar-refractivity contribution in [3.63, 3.8) is 0 Å². The van der Waals surface area contributed by atoms with Crippen LogP contribution in [0.25, 0.3) is 6.08 Å². The van der Waals surface area contributed by atoms with Gasteiger partial charge in [0.05, 0.1) is 7.11 Å². The third kappa shape index (κ3) is 4.62. The maximum Gasteiger partial charge on any atom is 0.130 e. The fraction of sp³-hybridized carbons (Fsp3) is 0.444. The van der Waals surface area contributed by atoms with E-state index in [-0.39, 0.29) is 5.57 Å². The minimum atomic E-state index is 0.0979. The summed E-state index contributed by atoms with van der Waals surface area (Å²) in [6.45, 7) is 9.42. The lowest BCUT2D eigenvalue weighted by molar-refractivity contribution is 0.164. The van der Waals surface area contributed by atoms with E-state index in [4.69, 9.17) is 15.3 Å². The zero-order valence-corrected chi connectivity index (χ0v) is 13.9. The van der Waals surface area contributed by atoms with E-state index in [0.717, 1.165) is 23.4 Å². The van der Waals surface area contributed by atoms with Crippen molar-refractivity contribution in [2.45, 2.75) is 46.3 Å². The molecule has 0 atom stereocenters. The van der Waals surface area contributed by atoms with Crippen LogP contribution < -0.4 is 4.74 Å². The van der Waals surface area contributed by atoms with Gasteiger partial charge in [0.1, 0.15) is 23.5 Å². The van der Waals surface area contributed by atoms with Crippen LogP contribution in [0.4, 0.5) is 0 Å². The van der Waals surface area contributed by atoms with Gasteiger partial charge in [0, 0.05) is 24.2 Å². The van der Waals surface area contributed by atoms with Gasteiger partial charge in [-0.3, -0.25) is 4.90 Å². The first-order valence-corrected chi connectivity index (χ1v) is 7.37. The van der Waals surface area contributed by atoms with Crippen LogP contribution >= 0.6 is 0 Å². The Kier molecular flexibility index (Phi) is 6.63. The summed E-state index contributed by atoms with van der Waals surface area (Å²) in [4.78, 5) is 2.36. The Morgan fingerprint density at radius 3 is 2.23 bits per heavy atom. The molecule has 0 radical (unpaired) electrons. The molecular weight excluding hydrogens is 274 g/mol. The SMILES string of the molecule is COc1ccc(C=C(C#N)C#N)cc1CN(C(C)C)C(C)C. The van der Waals surface area contributed by atoms with Gasteiger partial charge >= 0.3 is 0 Å². The fourth-order valence-electron chi connectivity index (χ4n) is 2.43. The first-order chi connectivity index (χ1) is 10.4. The third-order valence-electron chi connectivity index (χ3n) is 3.54. The molecule has 0 amide bonds. The van der Waals surface area contributed by atoms with Crippen LogP contribution in [0, 0.1) is 22.7 Å². The molecule has 0 aliphatic rings. The highest BCUT2D eigenvalue weighted by Crippen LogP contribution is 2.24. The Morgan fingerprint density at radius 1 is 1.18 bits per heavy atom. The monoisotopic (exact) mass is 297 g/mol. The molecule has 0 aliphatic heterocycles. The van der Waals surface area contributed by atoms with Crippen molar-refractivity contribution in [2.75, 3.05) is 7.11 Å². The topological polar surface area (TPSA) is 60.0 Å². The minimum Gasteiger partial charge on any atom is -0.496 e. The molecule has 116 valence electrons. The number of methoxy groups -OCH3 is 1. The van der Waals surface area contributed by atoms with Crippen molar-refractivity contribution in [3.8, 4) is 17.9 Å². The summed E-state index contributed by atoms with van der Waals surface area (Å²) in [5.41, 5.74) is 1.98. The van der Waals surface area contributed by atoms with Gasteiger partial charge in [-0.25, -0.2) is 0 Å². The van der Waals surface area contributed by atoms with E-state index in [0.29, 0.717) is 12.1 Å². The summed E-state index contributed by atoms with van der Waals surface area (Å²) in [6.07, 6.45) is 1.60. The zero-order valence-electron chi connectivity index (χ0n) is 13.9. The smallest absolute Gasteiger partial charge is 0.130 e. The lowest BCUT2D eigenvalue weighted by Gasteiger charge is -2.31. The minimum absolute atomic E-state index is 0.0979. The van der Waals surface area contributed by atoms with E-state index >= 15 is 0 Å². The average Bonchev–Trinajstić information content (AvgIpc) is 2.49. The van der Waals surface area contributed by atoms with E-state index in [2.05, 4.69) is 32.6 Å². The van der Waals surface area contributed by atoms with Crippen molar-refractivity contribution < 1.29 is 4.74 Å². The molecule has 0 bridgehead atoms. The molecule has 1 rings (SSSR count). The molecule has 0 fully saturated rings. The van der Waals surface area contributed by atoms with Crippen molar-refractivity contribution >= 4 is 6.08 Å². The fourth-order valence-corrected chi connectivity index (χ4v) is 2.43. The number of rotatable bonds is 6. The molecule has 1 aromatic rings. The van der Waals surface area contributed by atoms with Crippen LogP contribution in [0.2, 0.25) is 0 Å². The normalized spacial score (nSPS) is 10.5. The quantitative estimate of drug-likeness (QED) is 0.750. The number of hydrogen-bond acceptors (Lipinski definition) is 4. The summed E-state index contributed by atoms with van der Waals surface area (Å²) < 4.78 is 5.44. The summed E-state index contributed by atoms with van der Waals surface area (Å²) >= 11 is 0. The average molecular weight is 297 g/mol. The standard InChI is InChI=1S/C18H23N3O/c1-13(2)21(14(3)4)12-17-9-15(6-7-18(17)22-5)8-16(10-19)11-20/h6-9,13-14H,12H2,1-5H3. The first kappa shape index (κ1) is 17.8. The van der Waals surface area contributed by atoms with Gasteiger partial charge < -0.3 is 4.74 Å². The second-order valence-electron chi connectivity index (χ2n) is 5.71. The molecule has 1 aromatic carbocycles. The van der Waals surface area contributed by atoms with E-state index in [1.54, 1.807) is 13.2 Å². The molecular formula is C18H23N3O. The zero-order chi connectivity index (χ0) is 16.7. The van der Waals surface area contributed by atoms with E-state index in [1.165, 1.54) is 0 Å². The number of nitrogens with zero attached hydrogens (tertiary/aromatic N) is 3. The van der Waals surface area contributed by atoms with Gasteiger partial charge in [-0.2, -0.15) is 10.5 Å². The highest BCUT2D eigenvalue weighted by molar-refractivity contribution is 5.63. The number of benzene rings is 1. The van der Waals surface area contributed by atoms with Gasteiger partial charge in [0.25, 0.3) is 0 Å². The molecule has 4 nitrogen and oxygen atoms in total. The first-order valence-electron chi connectivity index (χ1n) is 7.37. The third-order valence-corrected chi connectivity index (χ3v) is 3.54. The van der Waals surface area contributed by atoms with Crippen LogP contribution in [-0.4, -0.2) is 24.1 Å². The lowest BCUT2D eigenvalue weighted by atomic mass is 10.1. The summed E-state index contributed by atoms with van der Waals surface area (Å²) in [7, 11) is 1.65. The lowest BCUT2D eigenvalue weighted by Crippen LogP contribution is -2.36. The largest absolute Gasteiger partial charge is 0.496 e. The van der Waals surface area contributed by atoms with Crippen molar-refractivity contribution in [1.29, 1.82) is 10.5 Å². The summed E-state index contributed by atoms with van der Waals surface area (Å²) in [5.74, 6) is 0.818. The van der Waals surface area contributed by atoms with Gasteiger partial charge in [-0.1, -0.05) is 6.07 Å². The number of nitriles is 2. The highest BCUT2D eigenvalue weighted by atomic mass is 16.5. The van der Waals surface area contributed by atoms with Crippen LogP contribution in [0.5, 0.6) is 5.75 Å². The predicted molar refractivity (Wildman–Crippen MR) is 88.0 cm³/mol. The number of hydrogen-bond donors (Lipinski definition) is 0. The predicted octanol–water partition coefficient (Wildman–Crippen LogP) is 3.74. The van der Waals surface area contributed by atoms with Gasteiger partial charge in [-0.05, 0) is 51.5 Å². The number of allylic oxidation sites excluding steroid dienone is 1. The second kappa shape index (κ2) is 8.22.